The van der Waals surface area contributed by atoms with Crippen LogP contribution in [-0.4, -0.2) is 56.8 Å². The molecule has 1 saturated heterocycles. The molecular formula is C23H25ClF3N5O2. The van der Waals surface area contributed by atoms with Gasteiger partial charge in [0.15, 0.2) is 5.65 Å². The summed E-state index contributed by atoms with van der Waals surface area (Å²) in [6, 6.07) is 6.25. The highest BCUT2D eigenvalue weighted by molar-refractivity contribution is 6.30. The van der Waals surface area contributed by atoms with Crippen LogP contribution in [0, 0.1) is 0 Å². The predicted molar refractivity (Wildman–Crippen MR) is 123 cm³/mol. The summed E-state index contributed by atoms with van der Waals surface area (Å²) in [5.74, 6) is 0.175. The number of alkyl halides is 3. The van der Waals surface area contributed by atoms with E-state index in [-0.39, 0.29) is 29.4 Å². The summed E-state index contributed by atoms with van der Waals surface area (Å²) >= 11 is 6.08. The predicted octanol–water partition coefficient (Wildman–Crippen LogP) is 5.54. The second kappa shape index (κ2) is 8.65. The molecule has 0 unspecified atom stereocenters. The molecule has 1 aliphatic rings. The quantitative estimate of drug-likeness (QED) is 0.467. The molecule has 1 atom stereocenters. The summed E-state index contributed by atoms with van der Waals surface area (Å²) in [7, 11) is 0. The van der Waals surface area contributed by atoms with Crippen molar-refractivity contribution in [1.29, 1.82) is 0 Å². The van der Waals surface area contributed by atoms with Crippen molar-refractivity contribution in [2.24, 2.45) is 0 Å². The Morgan fingerprint density at radius 1 is 1.18 bits per heavy atom. The Morgan fingerprint density at radius 3 is 2.53 bits per heavy atom. The molecule has 2 aromatic heterocycles. The van der Waals surface area contributed by atoms with E-state index in [9.17, 15) is 18.0 Å². The number of ether oxygens (including phenoxy) is 1. The third kappa shape index (κ3) is 4.77. The highest BCUT2D eigenvalue weighted by atomic mass is 35.5. The zero-order valence-electron chi connectivity index (χ0n) is 19.2. The fraction of sp³-hybridized carbons (Fsp3) is 0.435. The molecule has 11 heteroatoms. The van der Waals surface area contributed by atoms with Crippen molar-refractivity contribution in [3.8, 4) is 5.69 Å². The number of anilines is 1. The molecule has 3 heterocycles. The second-order valence-electron chi connectivity index (χ2n) is 9.26. The second-order valence-corrected chi connectivity index (χ2v) is 9.69. The van der Waals surface area contributed by atoms with Gasteiger partial charge in [-0.25, -0.2) is 14.8 Å². The highest BCUT2D eigenvalue weighted by Crippen LogP contribution is 2.41. The van der Waals surface area contributed by atoms with Crippen molar-refractivity contribution >= 4 is 34.5 Å². The van der Waals surface area contributed by atoms with Crippen LogP contribution in [0.2, 0.25) is 5.02 Å². The van der Waals surface area contributed by atoms with Crippen LogP contribution in [0.15, 0.2) is 36.8 Å². The maximum absolute atomic E-state index is 14.1. The average Bonchev–Trinajstić information content (AvgIpc) is 3.13. The van der Waals surface area contributed by atoms with E-state index in [0.29, 0.717) is 23.8 Å². The van der Waals surface area contributed by atoms with Crippen LogP contribution in [0.1, 0.15) is 33.3 Å². The van der Waals surface area contributed by atoms with Crippen LogP contribution in [0.5, 0.6) is 0 Å². The molecule has 0 radical (unpaired) electrons. The number of hydrogen-bond acceptors (Lipinski definition) is 5. The number of nitrogens with zero attached hydrogens (tertiary/aromatic N) is 5. The van der Waals surface area contributed by atoms with Crippen molar-refractivity contribution in [3.05, 3.63) is 47.4 Å². The van der Waals surface area contributed by atoms with Crippen LogP contribution >= 0.6 is 11.6 Å². The van der Waals surface area contributed by atoms with E-state index in [1.54, 1.807) is 54.8 Å². The molecule has 0 bridgehead atoms. The largest absolute Gasteiger partial charge is 0.444 e. The summed E-state index contributed by atoms with van der Waals surface area (Å²) in [5.41, 5.74) is -0.886. The maximum atomic E-state index is 14.1. The monoisotopic (exact) mass is 495 g/mol. The fourth-order valence-corrected chi connectivity index (χ4v) is 4.25. The maximum Gasteiger partial charge on any atom is 0.418 e. The molecule has 0 saturated carbocycles. The molecule has 0 aliphatic carbocycles. The smallest absolute Gasteiger partial charge is 0.418 e. The summed E-state index contributed by atoms with van der Waals surface area (Å²) in [4.78, 5) is 24.3. The van der Waals surface area contributed by atoms with Gasteiger partial charge in [-0.2, -0.15) is 13.2 Å². The van der Waals surface area contributed by atoms with Gasteiger partial charge in [0.25, 0.3) is 0 Å². The zero-order valence-corrected chi connectivity index (χ0v) is 20.0. The van der Waals surface area contributed by atoms with Crippen LogP contribution in [-0.2, 0) is 10.9 Å². The fourth-order valence-electron chi connectivity index (χ4n) is 4.07. The first kappa shape index (κ1) is 24.1. The molecule has 182 valence electrons. The topological polar surface area (TPSA) is 63.5 Å². The number of carbonyl (C=O) groups excluding carboxylic acids is 1. The van der Waals surface area contributed by atoms with Crippen molar-refractivity contribution in [2.45, 2.75) is 45.5 Å². The van der Waals surface area contributed by atoms with E-state index in [2.05, 4.69) is 9.97 Å². The van der Waals surface area contributed by atoms with Gasteiger partial charge in [-0.3, -0.25) is 0 Å². The van der Waals surface area contributed by atoms with E-state index in [4.69, 9.17) is 16.3 Å². The van der Waals surface area contributed by atoms with Crippen LogP contribution in [0.4, 0.5) is 23.8 Å². The Hall–Kier alpha value is -3.01. The molecule has 1 amide bonds. The minimum atomic E-state index is -4.62. The SMILES string of the molecule is C[C@H]1CN(C(=O)OC(C)(C)C)CCN1c1ncnc2c1c(C(F)(F)F)cn2-c1cccc(Cl)c1. The van der Waals surface area contributed by atoms with Gasteiger partial charge in [0.05, 0.1) is 10.9 Å². The van der Waals surface area contributed by atoms with Gasteiger partial charge in [-0.05, 0) is 45.9 Å². The summed E-state index contributed by atoms with van der Waals surface area (Å²) in [6.07, 6.45) is -2.79. The molecular weight excluding hydrogens is 471 g/mol. The van der Waals surface area contributed by atoms with Crippen molar-refractivity contribution < 1.29 is 22.7 Å². The number of benzene rings is 1. The lowest BCUT2D eigenvalue weighted by Gasteiger charge is -2.41. The van der Waals surface area contributed by atoms with E-state index in [1.807, 2.05) is 6.92 Å². The van der Waals surface area contributed by atoms with Crippen molar-refractivity contribution in [1.82, 2.24) is 19.4 Å². The number of fused-ring (bicyclic) bond motifs is 1. The minimum Gasteiger partial charge on any atom is -0.444 e. The number of carbonyl (C=O) groups is 1. The van der Waals surface area contributed by atoms with Crippen LogP contribution < -0.4 is 4.90 Å². The van der Waals surface area contributed by atoms with Gasteiger partial charge < -0.3 is 19.1 Å². The Balaban J connectivity index is 1.75. The molecule has 4 rings (SSSR count). The number of rotatable bonds is 2. The lowest BCUT2D eigenvalue weighted by molar-refractivity contribution is -0.136. The molecule has 0 N–H and O–H groups in total. The standard InChI is InChI=1S/C23H25ClF3N5O2/c1-14-11-30(21(33)34-22(2,3)4)8-9-31(14)19-18-17(23(25,26)27)12-32(20(18)29-13-28-19)16-7-5-6-15(24)10-16/h5-7,10,12-14H,8-9,11H2,1-4H3/t14-/m0/s1. The van der Waals surface area contributed by atoms with E-state index in [0.717, 1.165) is 6.20 Å². The first-order chi connectivity index (χ1) is 15.8. The normalized spacial score (nSPS) is 17.4. The first-order valence-electron chi connectivity index (χ1n) is 10.8. The Kier molecular flexibility index (Phi) is 6.14. The zero-order chi connectivity index (χ0) is 24.8. The number of halogens is 4. The Labute approximate surface area is 200 Å². The van der Waals surface area contributed by atoms with E-state index < -0.39 is 23.4 Å². The summed E-state index contributed by atoms with van der Waals surface area (Å²) in [6.45, 7) is 8.07. The van der Waals surface area contributed by atoms with E-state index >= 15 is 0 Å². The van der Waals surface area contributed by atoms with Gasteiger partial charge in [0, 0.05) is 42.6 Å². The third-order valence-electron chi connectivity index (χ3n) is 5.51. The lowest BCUT2D eigenvalue weighted by Crippen LogP contribution is -2.55. The van der Waals surface area contributed by atoms with Gasteiger partial charge in [-0.1, -0.05) is 17.7 Å². The van der Waals surface area contributed by atoms with Crippen molar-refractivity contribution in [2.75, 3.05) is 24.5 Å². The number of piperazine rings is 1. The molecule has 7 nitrogen and oxygen atoms in total. The molecule has 0 spiro atoms. The molecule has 1 fully saturated rings. The molecule has 34 heavy (non-hydrogen) atoms. The number of aromatic nitrogens is 3. The Morgan fingerprint density at radius 2 is 1.91 bits per heavy atom. The van der Waals surface area contributed by atoms with Gasteiger partial charge >= 0.3 is 12.3 Å². The van der Waals surface area contributed by atoms with Gasteiger partial charge in [0.1, 0.15) is 17.7 Å². The third-order valence-corrected chi connectivity index (χ3v) is 5.74. The van der Waals surface area contributed by atoms with Crippen LogP contribution in [0.3, 0.4) is 0 Å². The molecule has 3 aromatic rings. The van der Waals surface area contributed by atoms with Crippen molar-refractivity contribution in [3.63, 3.8) is 0 Å². The average molecular weight is 496 g/mol. The molecule has 1 aliphatic heterocycles. The summed E-state index contributed by atoms with van der Waals surface area (Å²) < 4.78 is 49.2. The van der Waals surface area contributed by atoms with Gasteiger partial charge in [0.2, 0.25) is 0 Å². The number of hydrogen-bond donors (Lipinski definition) is 0. The Bertz CT molecular complexity index is 1220. The lowest BCUT2D eigenvalue weighted by atomic mass is 10.1. The van der Waals surface area contributed by atoms with Gasteiger partial charge in [-0.15, -0.1) is 0 Å². The van der Waals surface area contributed by atoms with Crippen LogP contribution in [0.25, 0.3) is 16.7 Å². The highest BCUT2D eigenvalue weighted by Gasteiger charge is 2.39. The minimum absolute atomic E-state index is 0.0902. The summed E-state index contributed by atoms with van der Waals surface area (Å²) in [5, 5.41) is 0.307. The number of amides is 1. The first-order valence-corrected chi connectivity index (χ1v) is 11.2. The molecule has 1 aromatic carbocycles. The van der Waals surface area contributed by atoms with E-state index in [1.165, 1.54) is 10.9 Å².